The van der Waals surface area contributed by atoms with E-state index in [-0.39, 0.29) is 6.04 Å². The summed E-state index contributed by atoms with van der Waals surface area (Å²) < 4.78 is 27.6. The average Bonchev–Trinajstić information content (AvgIpc) is 2.69. The second kappa shape index (κ2) is 9.30. The smallest absolute Gasteiger partial charge is 0.237 e. The van der Waals surface area contributed by atoms with Crippen molar-refractivity contribution < 1.29 is 13.2 Å². The molecule has 0 spiro atoms. The maximum Gasteiger partial charge on any atom is 0.237 e. The Bertz CT molecular complexity index is 825. The summed E-state index contributed by atoms with van der Waals surface area (Å²) in [6, 6.07) is 14.3. The van der Waals surface area contributed by atoms with Crippen molar-refractivity contribution in [3.05, 3.63) is 66.0 Å². The maximum absolute atomic E-state index is 12.6. The summed E-state index contributed by atoms with van der Waals surface area (Å²) in [5.74, 6) is -0.500. The Kier molecular flexibility index (Phi) is 6.80. The van der Waals surface area contributed by atoms with Gasteiger partial charge in [0.2, 0.25) is 15.9 Å². The van der Waals surface area contributed by atoms with E-state index in [4.69, 9.17) is 0 Å². The number of carbonyl (C=O) groups is 1. The van der Waals surface area contributed by atoms with E-state index >= 15 is 0 Å². The van der Waals surface area contributed by atoms with Gasteiger partial charge in [-0.2, -0.15) is 0 Å². The molecule has 3 rings (SSSR count). The lowest BCUT2D eigenvalue weighted by Gasteiger charge is -2.26. The highest BCUT2D eigenvalue weighted by molar-refractivity contribution is 7.90. The number of amides is 1. The number of carbonyl (C=O) groups excluding carboxylic acids is 1. The molecule has 1 heterocycles. The van der Waals surface area contributed by atoms with Crippen LogP contribution in [0.3, 0.4) is 0 Å². The molecule has 0 saturated heterocycles. The topological polar surface area (TPSA) is 88.2 Å². The van der Waals surface area contributed by atoms with E-state index in [0.29, 0.717) is 11.6 Å². The van der Waals surface area contributed by atoms with Gasteiger partial charge in [0, 0.05) is 12.2 Å². The largest absolute Gasteiger partial charge is 0.343 e. The van der Waals surface area contributed by atoms with Crippen LogP contribution in [0.1, 0.15) is 49.9 Å². The Hall–Kier alpha value is -2.25. The van der Waals surface area contributed by atoms with E-state index < -0.39 is 27.7 Å². The molecule has 1 saturated carbocycles. The van der Waals surface area contributed by atoms with Gasteiger partial charge in [0.1, 0.15) is 5.75 Å². The molecule has 1 aliphatic rings. The zero-order valence-electron chi connectivity index (χ0n) is 16.0. The third kappa shape index (κ3) is 5.87. The normalized spacial score (nSPS) is 21.0. The van der Waals surface area contributed by atoms with Crippen LogP contribution in [0.5, 0.6) is 0 Å². The van der Waals surface area contributed by atoms with Gasteiger partial charge in [-0.15, -0.1) is 0 Å². The van der Waals surface area contributed by atoms with Crippen molar-refractivity contribution in [2.45, 2.75) is 44.7 Å². The fourth-order valence-corrected chi connectivity index (χ4v) is 4.82. The molecule has 1 amide bonds. The number of rotatable bonds is 7. The van der Waals surface area contributed by atoms with Gasteiger partial charge in [-0.25, -0.2) is 13.1 Å². The molecule has 2 N–H and O–H groups in total. The Balaban J connectivity index is 1.67. The minimum absolute atomic E-state index is 0.0743. The average molecular weight is 402 g/mol. The van der Waals surface area contributed by atoms with Crippen LogP contribution >= 0.6 is 0 Å². The van der Waals surface area contributed by atoms with Crippen LogP contribution in [-0.2, 0) is 14.8 Å². The van der Waals surface area contributed by atoms with E-state index in [2.05, 4.69) is 21.9 Å². The van der Waals surface area contributed by atoms with E-state index in [1.54, 1.807) is 12.3 Å². The lowest BCUT2D eigenvalue weighted by Crippen LogP contribution is -2.43. The molecular weight excluding hydrogens is 374 g/mol. The van der Waals surface area contributed by atoms with Gasteiger partial charge in [-0.1, -0.05) is 43.3 Å². The second-order valence-corrected chi connectivity index (χ2v) is 9.25. The minimum Gasteiger partial charge on any atom is -0.343 e. The Morgan fingerprint density at radius 3 is 2.39 bits per heavy atom. The summed E-state index contributed by atoms with van der Waals surface area (Å²) in [5.41, 5.74) is 1.51. The third-order valence-electron chi connectivity index (χ3n) is 5.10. The number of sulfonamides is 1. The summed E-state index contributed by atoms with van der Waals surface area (Å²) in [6.45, 7) is 2.18. The van der Waals surface area contributed by atoms with Crippen molar-refractivity contribution in [1.29, 1.82) is 0 Å². The SMILES string of the molecule is CC1CCC(NS(=O)(=O)CC(=O)NC(c2ccccc2)c2ccccn2)CC1. The van der Waals surface area contributed by atoms with Crippen molar-refractivity contribution in [2.75, 3.05) is 5.75 Å². The molecule has 1 aromatic heterocycles. The summed E-state index contributed by atoms with van der Waals surface area (Å²) >= 11 is 0. The Morgan fingerprint density at radius 2 is 1.75 bits per heavy atom. The molecule has 0 aliphatic heterocycles. The first kappa shape index (κ1) is 20.5. The zero-order chi connectivity index (χ0) is 20.0. The van der Waals surface area contributed by atoms with Gasteiger partial charge in [0.25, 0.3) is 0 Å². The first-order valence-corrected chi connectivity index (χ1v) is 11.3. The van der Waals surface area contributed by atoms with Crippen molar-refractivity contribution in [3.8, 4) is 0 Å². The predicted octanol–water partition coefficient (Wildman–Crippen LogP) is 2.79. The highest BCUT2D eigenvalue weighted by atomic mass is 32.2. The van der Waals surface area contributed by atoms with Crippen molar-refractivity contribution in [2.24, 2.45) is 5.92 Å². The van der Waals surface area contributed by atoms with Gasteiger partial charge >= 0.3 is 0 Å². The number of hydrogen-bond donors (Lipinski definition) is 2. The number of nitrogens with zero attached hydrogens (tertiary/aromatic N) is 1. The number of pyridine rings is 1. The Labute approximate surface area is 166 Å². The van der Waals surface area contributed by atoms with E-state index in [0.717, 1.165) is 31.2 Å². The fourth-order valence-electron chi connectivity index (χ4n) is 3.57. The van der Waals surface area contributed by atoms with Crippen LogP contribution in [0, 0.1) is 5.92 Å². The second-order valence-electron chi connectivity index (χ2n) is 7.50. The quantitative estimate of drug-likeness (QED) is 0.747. The Morgan fingerprint density at radius 1 is 1.07 bits per heavy atom. The van der Waals surface area contributed by atoms with Crippen LogP contribution < -0.4 is 10.0 Å². The fraction of sp³-hybridized carbons (Fsp3) is 0.429. The monoisotopic (exact) mass is 401 g/mol. The lowest BCUT2D eigenvalue weighted by atomic mass is 9.88. The van der Waals surface area contributed by atoms with E-state index in [9.17, 15) is 13.2 Å². The molecule has 0 bridgehead atoms. The standard InChI is InChI=1S/C21H27N3O3S/c1-16-10-12-18(13-11-16)24-28(26,27)15-20(25)23-21(17-7-3-2-4-8-17)19-9-5-6-14-22-19/h2-9,14,16,18,21,24H,10-13,15H2,1H3,(H,23,25). The molecule has 2 aromatic rings. The van der Waals surface area contributed by atoms with Gasteiger partial charge in [0.15, 0.2) is 0 Å². The summed E-state index contributed by atoms with van der Waals surface area (Å²) in [6.07, 6.45) is 5.31. The number of hydrogen-bond acceptors (Lipinski definition) is 4. The first-order chi connectivity index (χ1) is 13.4. The van der Waals surface area contributed by atoms with E-state index in [1.165, 1.54) is 0 Å². The third-order valence-corrected chi connectivity index (χ3v) is 6.44. The number of benzene rings is 1. The first-order valence-electron chi connectivity index (χ1n) is 9.68. The molecule has 1 aromatic carbocycles. The van der Waals surface area contributed by atoms with Gasteiger partial charge in [-0.3, -0.25) is 9.78 Å². The van der Waals surface area contributed by atoms with Crippen LogP contribution in [0.2, 0.25) is 0 Å². The van der Waals surface area contributed by atoms with E-state index in [1.807, 2.05) is 42.5 Å². The summed E-state index contributed by atoms with van der Waals surface area (Å²) in [5, 5.41) is 2.83. The molecular formula is C21H27N3O3S. The summed E-state index contributed by atoms with van der Waals surface area (Å²) in [7, 11) is -3.69. The minimum atomic E-state index is -3.69. The molecule has 28 heavy (non-hydrogen) atoms. The van der Waals surface area contributed by atoms with Gasteiger partial charge in [-0.05, 0) is 49.3 Å². The number of nitrogens with one attached hydrogen (secondary N) is 2. The molecule has 150 valence electrons. The molecule has 1 atom stereocenters. The molecule has 1 aliphatic carbocycles. The van der Waals surface area contributed by atoms with Crippen LogP contribution in [-0.4, -0.2) is 31.1 Å². The number of aromatic nitrogens is 1. The van der Waals surface area contributed by atoms with Crippen molar-refractivity contribution in [1.82, 2.24) is 15.0 Å². The van der Waals surface area contributed by atoms with Gasteiger partial charge < -0.3 is 5.32 Å². The predicted molar refractivity (Wildman–Crippen MR) is 109 cm³/mol. The highest BCUT2D eigenvalue weighted by Crippen LogP contribution is 2.24. The highest BCUT2D eigenvalue weighted by Gasteiger charge is 2.26. The molecule has 1 fully saturated rings. The van der Waals surface area contributed by atoms with Gasteiger partial charge in [0.05, 0.1) is 11.7 Å². The maximum atomic E-state index is 12.6. The van der Waals surface area contributed by atoms with Crippen LogP contribution in [0.25, 0.3) is 0 Å². The van der Waals surface area contributed by atoms with Crippen LogP contribution in [0.4, 0.5) is 0 Å². The van der Waals surface area contributed by atoms with Crippen LogP contribution in [0.15, 0.2) is 54.7 Å². The molecule has 7 heteroatoms. The molecule has 0 radical (unpaired) electrons. The summed E-state index contributed by atoms with van der Waals surface area (Å²) in [4.78, 5) is 16.9. The van der Waals surface area contributed by atoms with Crippen molar-refractivity contribution >= 4 is 15.9 Å². The zero-order valence-corrected chi connectivity index (χ0v) is 16.9. The molecule has 1 unspecified atom stereocenters. The van der Waals surface area contributed by atoms with Crippen molar-refractivity contribution in [3.63, 3.8) is 0 Å². The lowest BCUT2D eigenvalue weighted by molar-refractivity contribution is -0.119. The molecule has 6 nitrogen and oxygen atoms in total.